The number of aliphatic imine (C=N–C) groups is 2. The molecule has 0 unspecified atom stereocenters. The monoisotopic (exact) mass is 732 g/mol. The molecular weight excluding hydrogens is 693 g/mol. The SMILES string of the molecule is C=C(N=C(N=C(C)c1cc(-c2ccc(-c3ccc(C)c4c3ccc3cccc(C)c34)cc2)cc(-c2ncc3ccccc3n2)c1)c1ccccc1)c1ccccc1. The van der Waals surface area contributed by atoms with Gasteiger partial charge in [-0.25, -0.2) is 20.0 Å². The lowest BCUT2D eigenvalue weighted by Gasteiger charge is -2.15. The molecule has 4 heteroatoms. The molecule has 0 aliphatic carbocycles. The van der Waals surface area contributed by atoms with Crippen molar-refractivity contribution in [3.05, 3.63) is 210 Å². The third-order valence-corrected chi connectivity index (χ3v) is 10.7. The number of para-hydroxylation sites is 1. The average molecular weight is 733 g/mol. The van der Waals surface area contributed by atoms with Crippen LogP contribution in [0.1, 0.15) is 34.7 Å². The van der Waals surface area contributed by atoms with Crippen molar-refractivity contribution in [1.82, 2.24) is 9.97 Å². The Balaban J connectivity index is 1.16. The summed E-state index contributed by atoms with van der Waals surface area (Å²) in [5.41, 5.74) is 13.2. The number of fused-ring (bicyclic) bond motifs is 4. The molecule has 0 radical (unpaired) electrons. The summed E-state index contributed by atoms with van der Waals surface area (Å²) in [6, 6.07) is 59.1. The van der Waals surface area contributed by atoms with E-state index in [-0.39, 0.29) is 0 Å². The van der Waals surface area contributed by atoms with Gasteiger partial charge in [0, 0.05) is 28.4 Å². The molecule has 1 aromatic heterocycles. The van der Waals surface area contributed by atoms with Gasteiger partial charge < -0.3 is 0 Å². The Bertz CT molecular complexity index is 3030. The van der Waals surface area contributed by atoms with Crippen LogP contribution < -0.4 is 0 Å². The third-order valence-electron chi connectivity index (χ3n) is 10.7. The first-order valence-electron chi connectivity index (χ1n) is 19.2. The van der Waals surface area contributed by atoms with Gasteiger partial charge in [0.05, 0.1) is 11.2 Å². The lowest BCUT2D eigenvalue weighted by Crippen LogP contribution is -2.05. The van der Waals surface area contributed by atoms with E-state index in [2.05, 4.69) is 105 Å². The number of aromatic nitrogens is 2. The lowest BCUT2D eigenvalue weighted by atomic mass is 9.90. The lowest BCUT2D eigenvalue weighted by molar-refractivity contribution is 1.23. The van der Waals surface area contributed by atoms with Crippen LogP contribution >= 0.6 is 0 Å². The molecule has 0 spiro atoms. The molecule has 272 valence electrons. The summed E-state index contributed by atoms with van der Waals surface area (Å²) in [7, 11) is 0. The quantitative estimate of drug-likeness (QED) is 0.0930. The van der Waals surface area contributed by atoms with Crippen molar-refractivity contribution in [2.75, 3.05) is 0 Å². The predicted octanol–water partition coefficient (Wildman–Crippen LogP) is 13.5. The minimum atomic E-state index is 0.591. The van der Waals surface area contributed by atoms with Crippen molar-refractivity contribution in [3.63, 3.8) is 0 Å². The highest BCUT2D eigenvalue weighted by molar-refractivity contribution is 6.15. The molecule has 0 aliphatic rings. The van der Waals surface area contributed by atoms with E-state index in [9.17, 15) is 0 Å². The second kappa shape index (κ2) is 15.1. The normalized spacial score (nSPS) is 12.1. The molecule has 57 heavy (non-hydrogen) atoms. The van der Waals surface area contributed by atoms with E-state index in [0.717, 1.165) is 50.0 Å². The molecule has 0 N–H and O–H groups in total. The maximum atomic E-state index is 5.18. The predicted molar refractivity (Wildman–Crippen MR) is 241 cm³/mol. The molecule has 0 aliphatic heterocycles. The maximum absolute atomic E-state index is 5.18. The van der Waals surface area contributed by atoms with Gasteiger partial charge >= 0.3 is 0 Å². The molecule has 1 heterocycles. The Morgan fingerprint density at radius 3 is 1.96 bits per heavy atom. The van der Waals surface area contributed by atoms with Crippen molar-refractivity contribution in [1.29, 1.82) is 0 Å². The van der Waals surface area contributed by atoms with Crippen molar-refractivity contribution in [2.45, 2.75) is 20.8 Å². The zero-order chi connectivity index (χ0) is 38.9. The van der Waals surface area contributed by atoms with Crippen LogP contribution in [-0.2, 0) is 0 Å². The van der Waals surface area contributed by atoms with Crippen LogP contribution in [0.5, 0.6) is 0 Å². The number of aryl methyl sites for hydroxylation is 2. The second-order valence-corrected chi connectivity index (χ2v) is 14.5. The van der Waals surface area contributed by atoms with Crippen LogP contribution in [0.25, 0.3) is 71.8 Å². The van der Waals surface area contributed by atoms with E-state index in [4.69, 9.17) is 20.0 Å². The maximum Gasteiger partial charge on any atom is 0.160 e. The zero-order valence-corrected chi connectivity index (χ0v) is 32.2. The molecule has 0 amide bonds. The molecule has 0 saturated heterocycles. The van der Waals surface area contributed by atoms with Crippen molar-refractivity contribution in [3.8, 4) is 33.6 Å². The fourth-order valence-corrected chi connectivity index (χ4v) is 7.70. The minimum absolute atomic E-state index is 0.591. The molecule has 0 fully saturated rings. The first-order valence-corrected chi connectivity index (χ1v) is 19.2. The van der Waals surface area contributed by atoms with E-state index in [0.29, 0.717) is 17.4 Å². The molecule has 0 bridgehead atoms. The Morgan fingerprint density at radius 1 is 0.509 bits per heavy atom. The minimum Gasteiger partial charge on any atom is -0.236 e. The second-order valence-electron chi connectivity index (χ2n) is 14.5. The third kappa shape index (κ3) is 7.05. The molecule has 9 aromatic rings. The summed E-state index contributed by atoms with van der Waals surface area (Å²) in [6.45, 7) is 10.7. The van der Waals surface area contributed by atoms with Gasteiger partial charge in [0.25, 0.3) is 0 Å². The Labute approximate surface area is 333 Å². The summed E-state index contributed by atoms with van der Waals surface area (Å²) in [5.74, 6) is 1.25. The summed E-state index contributed by atoms with van der Waals surface area (Å²) in [5, 5.41) is 6.18. The van der Waals surface area contributed by atoms with Crippen molar-refractivity contribution >= 4 is 49.7 Å². The van der Waals surface area contributed by atoms with Gasteiger partial charge in [0.2, 0.25) is 0 Å². The Kier molecular flexibility index (Phi) is 9.37. The van der Waals surface area contributed by atoms with Crippen LogP contribution in [0, 0.1) is 13.8 Å². The number of nitrogens with zero attached hydrogens (tertiary/aromatic N) is 4. The molecule has 0 saturated carbocycles. The van der Waals surface area contributed by atoms with Gasteiger partial charge in [-0.15, -0.1) is 0 Å². The van der Waals surface area contributed by atoms with Gasteiger partial charge in [-0.2, -0.15) is 0 Å². The number of hydrogen-bond donors (Lipinski definition) is 0. The molecule has 9 rings (SSSR count). The van der Waals surface area contributed by atoms with Gasteiger partial charge in [-0.3, -0.25) is 0 Å². The van der Waals surface area contributed by atoms with Crippen molar-refractivity contribution < 1.29 is 0 Å². The van der Waals surface area contributed by atoms with Crippen LogP contribution in [-0.4, -0.2) is 21.5 Å². The van der Waals surface area contributed by atoms with E-state index in [1.807, 2.05) is 98.0 Å². The van der Waals surface area contributed by atoms with Crippen LogP contribution in [0.3, 0.4) is 0 Å². The summed E-state index contributed by atoms with van der Waals surface area (Å²) < 4.78 is 0. The van der Waals surface area contributed by atoms with Crippen LogP contribution in [0.4, 0.5) is 0 Å². The van der Waals surface area contributed by atoms with Crippen LogP contribution in [0.15, 0.2) is 193 Å². The highest BCUT2D eigenvalue weighted by Gasteiger charge is 2.15. The largest absolute Gasteiger partial charge is 0.236 e. The van der Waals surface area contributed by atoms with Gasteiger partial charge in [-0.05, 0) is 111 Å². The van der Waals surface area contributed by atoms with E-state index >= 15 is 0 Å². The number of amidine groups is 1. The molecule has 0 atom stereocenters. The fourth-order valence-electron chi connectivity index (χ4n) is 7.70. The van der Waals surface area contributed by atoms with Gasteiger partial charge in [-0.1, -0.05) is 152 Å². The first-order chi connectivity index (χ1) is 27.9. The average Bonchev–Trinajstić information content (AvgIpc) is 3.26. The van der Waals surface area contributed by atoms with E-state index in [1.165, 1.54) is 43.8 Å². The number of benzene rings is 8. The first kappa shape index (κ1) is 35.4. The van der Waals surface area contributed by atoms with Gasteiger partial charge in [0.15, 0.2) is 11.7 Å². The highest BCUT2D eigenvalue weighted by atomic mass is 14.9. The molecule has 4 nitrogen and oxygen atoms in total. The van der Waals surface area contributed by atoms with E-state index in [1.54, 1.807) is 0 Å². The topological polar surface area (TPSA) is 50.5 Å². The standard InChI is InChI=1S/C53H40N4/c1-34-14-13-20-41-27-29-48-47(28-22-35(2)51(48)50(34)41)40-25-23-39(24-26-40)45-30-44(31-46(32-45)52-54-33-43-19-11-12-21-49(43)57-52)37(4)56-53(42-17-9-6-10-18-42)55-36(3)38-15-7-5-8-16-38/h5-33H,3H2,1-2,4H3. The summed E-state index contributed by atoms with van der Waals surface area (Å²) >= 11 is 0. The van der Waals surface area contributed by atoms with Crippen molar-refractivity contribution in [2.24, 2.45) is 9.98 Å². The smallest absolute Gasteiger partial charge is 0.160 e. The number of rotatable bonds is 7. The Morgan fingerprint density at radius 2 is 1.18 bits per heavy atom. The summed E-state index contributed by atoms with van der Waals surface area (Å²) in [4.78, 5) is 20.0. The summed E-state index contributed by atoms with van der Waals surface area (Å²) in [6.07, 6.45) is 1.89. The Hall–Kier alpha value is -7.30. The van der Waals surface area contributed by atoms with E-state index < -0.39 is 0 Å². The molecule has 8 aromatic carbocycles. The molecular formula is C53H40N4. The van der Waals surface area contributed by atoms with Crippen LogP contribution in [0.2, 0.25) is 0 Å². The highest BCUT2D eigenvalue weighted by Crippen LogP contribution is 2.38. The van der Waals surface area contributed by atoms with Gasteiger partial charge in [0.1, 0.15) is 0 Å². The number of hydrogen-bond acceptors (Lipinski definition) is 3. The fraction of sp³-hybridized carbons (Fsp3) is 0.0566. The zero-order valence-electron chi connectivity index (χ0n) is 32.2.